The largest absolute Gasteiger partial charge is 0.376 e. The molecule has 0 aliphatic rings. The topological polar surface area (TPSA) is 614 Å². The van der Waals surface area contributed by atoms with Gasteiger partial charge in [0.15, 0.2) is 67.0 Å². The minimum atomic E-state index is -4.31. The number of aliphatic hydroxyl groups is 6. The van der Waals surface area contributed by atoms with Gasteiger partial charge in [-0.1, -0.05) is 0 Å². The SMILES string of the molecule is [2H]C([2H])(C(=O)N(C)CO)C([2H])([2H])C([2H])([2H])C([2H])([2H])n1c(=O)c2c(ncn2C)n(C)c1=O.[2H]C([2H])(CCCn1c(=O)c2c(nc(C)n2C([2H])([2H])[2H])n(C([2H])([2H])[2H])c1=O)C(=O)N(C)CO.[2H]C([2H])(CCCn1c(=O)c2c(nc(C)n2C([2H])([2H])[2H])n(C)c1=O)C(=O)N(C)CO.[2H]C([2H])([2H])n1c(=O)n(C([2H])([2H])C([2H])([2H])C([2H])([2H])C([2H])([2H])C(=O)N(C)CO)c(=O)c2c1ncn2C.[2H]C([2H])([2H])n1c(C)nc2c1c(=O)n(C([2H])([2H])C([2H])([2H])C([2H])([2H])C([2H])([2H])C(=O)N(C)CO)c(=O)n2C.[2H]C([2H])([2H])n1c(C)nc2c1c(=O)n(C([2H])([2H])C([2H])([2H])C([2H])([2H])C([2H])([2H])C(=O)N(C)CO)c(=O)n2C([2H])([2H])[2H]. The molecule has 0 spiro atoms. The van der Waals surface area contributed by atoms with Crippen LogP contribution in [0.1, 0.15) is 216 Å². The number of nitrogens with zero attached hydrogens (tertiary/aromatic N) is 30. The first-order valence-electron chi connectivity index (χ1n) is 68.4. The number of amides is 6. The summed E-state index contributed by atoms with van der Waals surface area (Å²) in [6, 6.07) is 0. The zero-order valence-electron chi connectivity index (χ0n) is 135. The Kier molecular flexibility index (Phi) is 20.2. The monoisotopic (exact) mass is 2050 g/mol. The predicted molar refractivity (Wildman–Crippen MR) is 522 cm³/mol. The Bertz CT molecular complexity index is 10200. The van der Waals surface area contributed by atoms with E-state index in [4.69, 9.17) is 109 Å². The molecule has 54 heteroatoms. The van der Waals surface area contributed by atoms with Gasteiger partial charge < -0.3 is 87.4 Å². The standard InChI is InChI=1S/4C15H23N5O4.2C14H21N5O4/c4*1-10-16-13-12(18(10)3)14(23)20(15(24)19(13)4)8-6-5-7-11(22)17(2)9-21;2*1-16-8-15-12-11(16)13(22)19(14(23)18(12)3)7-5-4-6-10(21)17(2)9-20/h4*21H,5-9H2,1-4H3;2*8,20H,4-7,9H2,1-3H3/i3D3,4D3,5D2,6D2,7D2,8D2;3D3,5D2,6D2,7D2,8D2;3D3,4D3,7D2;3D3,7D2;3D3,4D2,5D2,6D2,7D2;4D2,5D2,6D2,7D2. The van der Waals surface area contributed by atoms with Gasteiger partial charge in [-0.15, -0.1) is 0 Å². The van der Waals surface area contributed by atoms with E-state index in [2.05, 4.69) is 29.9 Å². The molecule has 6 amide bonds. The highest BCUT2D eigenvalue weighted by atomic mass is 16.3. The molecule has 12 heterocycles. The van der Waals surface area contributed by atoms with Crippen molar-refractivity contribution in [1.29, 1.82) is 0 Å². The van der Waals surface area contributed by atoms with Crippen molar-refractivity contribution in [3.05, 3.63) is 161 Å². The maximum atomic E-state index is 13.4. The summed E-state index contributed by atoms with van der Waals surface area (Å²) in [6.07, 6.45) is -51.6. The van der Waals surface area contributed by atoms with E-state index in [0.717, 1.165) is 92.7 Å². The summed E-state index contributed by atoms with van der Waals surface area (Å²) in [4.78, 5) is 255. The molecule has 0 aromatic carbocycles. The number of hydrogen-bond acceptors (Lipinski definition) is 30. The van der Waals surface area contributed by atoms with Crippen LogP contribution < -0.4 is 67.5 Å². The Morgan fingerprint density at radius 2 is 0.472 bits per heavy atom. The lowest BCUT2D eigenvalue weighted by Gasteiger charge is -2.13. The number of carbonyl (C=O) groups is 6. The van der Waals surface area contributed by atoms with Crippen molar-refractivity contribution >= 4 is 102 Å². The van der Waals surface area contributed by atoms with Crippen molar-refractivity contribution < 1.29 is 138 Å². The molecular weight excluding hydrogens is 1860 g/mol. The molecule has 12 rings (SSSR count). The summed E-state index contributed by atoms with van der Waals surface area (Å²) >= 11 is 0. The molecule has 0 radical (unpaired) electrons. The summed E-state index contributed by atoms with van der Waals surface area (Å²) in [5.74, 6) is -9.82. The van der Waals surface area contributed by atoms with Gasteiger partial charge in [0.25, 0.3) is 33.4 Å². The van der Waals surface area contributed by atoms with Gasteiger partial charge in [-0.3, -0.25) is 112 Å². The van der Waals surface area contributed by atoms with E-state index in [9.17, 15) is 86.3 Å². The number of aromatic nitrogens is 24. The number of hydrogen-bond donors (Lipinski definition) is 6. The molecule has 0 bridgehead atoms. The fourth-order valence-electron chi connectivity index (χ4n) is 11.3. The van der Waals surface area contributed by atoms with E-state index in [-0.39, 0.29) is 97.9 Å². The van der Waals surface area contributed by atoms with Crippen LogP contribution in [-0.2, 0) is 152 Å². The molecule has 780 valence electrons. The Balaban J connectivity index is 0.000000317. The summed E-state index contributed by atoms with van der Waals surface area (Å²) in [6.45, 7) is -39.2. The minimum Gasteiger partial charge on any atom is -0.376 e. The lowest BCUT2D eigenvalue weighted by molar-refractivity contribution is -0.134. The normalized spacial score (nSPS) is 19.6. The number of carbonyl (C=O) groups excluding carboxylic acids is 6. The quantitative estimate of drug-likeness (QED) is 0.0201. The lowest BCUT2D eigenvalue weighted by atomic mass is 10.2. The van der Waals surface area contributed by atoms with Crippen LogP contribution in [0.5, 0.6) is 0 Å². The van der Waals surface area contributed by atoms with Crippen LogP contribution in [0.15, 0.2) is 70.2 Å². The van der Waals surface area contributed by atoms with Crippen LogP contribution in [0.3, 0.4) is 0 Å². The average molecular weight is 2050 g/mol. The molecule has 142 heavy (non-hydrogen) atoms. The third-order valence-corrected chi connectivity index (χ3v) is 19.3. The first kappa shape index (κ1) is 56.2. The van der Waals surface area contributed by atoms with Crippen molar-refractivity contribution in [2.24, 2.45) is 84.1 Å². The molecule has 0 aliphatic carbocycles. The third kappa shape index (κ3) is 26.0. The van der Waals surface area contributed by atoms with Gasteiger partial charge in [-0.05, 0) is 104 Å². The zero-order chi connectivity index (χ0) is 156. The van der Waals surface area contributed by atoms with Crippen LogP contribution in [-0.4, -0.2) is 290 Å². The van der Waals surface area contributed by atoms with Crippen LogP contribution in [0, 0.1) is 27.7 Å². The summed E-state index contributed by atoms with van der Waals surface area (Å²) in [5, 5.41) is 54.2. The fraction of sp³-hybridized carbons (Fsp3) is 0.591. The number of aryl methyl sites for hydroxylation is 16. The van der Waals surface area contributed by atoms with E-state index in [0.29, 0.717) is 33.0 Å². The van der Waals surface area contributed by atoms with Crippen LogP contribution in [0.4, 0.5) is 0 Å². The number of fused-ring (bicyclic) bond motifs is 6. The third-order valence-electron chi connectivity index (χ3n) is 19.3. The van der Waals surface area contributed by atoms with Gasteiger partial charge in [-0.2, -0.15) is 0 Å². The van der Waals surface area contributed by atoms with E-state index in [1.807, 2.05) is 0 Å². The number of imidazole rings is 6. The second kappa shape index (κ2) is 51.1. The highest BCUT2D eigenvalue weighted by molar-refractivity contribution is 5.79. The highest BCUT2D eigenvalue weighted by Crippen LogP contribution is 2.16. The van der Waals surface area contributed by atoms with Crippen molar-refractivity contribution in [2.45, 2.75) is 182 Å². The smallest absolute Gasteiger partial charge is 0.332 e. The first-order valence-corrected chi connectivity index (χ1v) is 39.9. The molecule has 6 N–H and O–H groups in total. The van der Waals surface area contributed by atoms with Gasteiger partial charge in [0.05, 0.1) is 23.6 Å². The molecule has 0 fully saturated rings. The Morgan fingerprint density at radius 1 is 0.275 bits per heavy atom. The molecule has 54 nitrogen and oxygen atoms in total. The average Bonchev–Trinajstić information content (AvgIpc) is 1.64. The Hall–Kier alpha value is -14.5. The lowest BCUT2D eigenvalue weighted by Crippen LogP contribution is -2.39. The van der Waals surface area contributed by atoms with Crippen LogP contribution >= 0.6 is 0 Å². The van der Waals surface area contributed by atoms with Crippen molar-refractivity contribution in [3.8, 4) is 0 Å². The minimum absolute atomic E-state index is 0.0421. The van der Waals surface area contributed by atoms with Gasteiger partial charge >= 0.3 is 34.1 Å². The van der Waals surface area contributed by atoms with Gasteiger partial charge in [0, 0.05) is 271 Å². The van der Waals surface area contributed by atoms with Crippen LogP contribution in [0.25, 0.3) is 67.0 Å². The summed E-state index contributed by atoms with van der Waals surface area (Å²) in [7, 11) is 12.0. The molecule has 0 saturated carbocycles. The number of rotatable bonds is 36. The summed E-state index contributed by atoms with van der Waals surface area (Å²) < 4.78 is 457. The van der Waals surface area contributed by atoms with Gasteiger partial charge in [0.1, 0.15) is 63.7 Å². The van der Waals surface area contributed by atoms with Crippen molar-refractivity contribution in [2.75, 3.05) is 82.7 Å². The Morgan fingerprint density at radius 3 is 0.725 bits per heavy atom. The van der Waals surface area contributed by atoms with Crippen molar-refractivity contribution in [3.63, 3.8) is 0 Å². The summed E-state index contributed by atoms with van der Waals surface area (Å²) in [5.41, 5.74) is -23.9. The molecule has 0 saturated heterocycles. The molecular formula is C88H134N30O24. The maximum absolute atomic E-state index is 13.4. The second-order valence-electron chi connectivity index (χ2n) is 29.0. The molecule has 0 atom stereocenters. The Labute approximate surface area is 890 Å². The van der Waals surface area contributed by atoms with Crippen molar-refractivity contribution in [1.82, 2.24) is 142 Å². The maximum Gasteiger partial charge on any atom is 0.332 e. The van der Waals surface area contributed by atoms with Gasteiger partial charge in [-0.25, -0.2) is 58.7 Å². The second-order valence-corrected chi connectivity index (χ2v) is 29.0. The van der Waals surface area contributed by atoms with Crippen LogP contribution in [0.2, 0.25) is 0 Å². The highest BCUT2D eigenvalue weighted by Gasteiger charge is 2.25. The van der Waals surface area contributed by atoms with Gasteiger partial charge in [0.2, 0.25) is 35.4 Å². The zero-order valence-corrected chi connectivity index (χ0v) is 77.6. The molecule has 12 aromatic heterocycles. The van der Waals surface area contributed by atoms with E-state index in [1.54, 1.807) is 0 Å². The van der Waals surface area contributed by atoms with E-state index < -0.39 is 380 Å². The molecule has 0 aliphatic heterocycles. The predicted octanol–water partition coefficient (Wildman–Crippen LogP) is -4.69. The van der Waals surface area contributed by atoms with E-state index >= 15 is 0 Å². The number of aliphatic hydroxyl groups excluding tert-OH is 6. The first-order chi connectivity index (χ1) is 88.9. The fourth-order valence-corrected chi connectivity index (χ4v) is 11.3. The molecule has 0 unspecified atom stereocenters. The molecule has 12 aromatic rings. The van der Waals surface area contributed by atoms with E-state index in [1.165, 1.54) is 62.3 Å².